The summed E-state index contributed by atoms with van der Waals surface area (Å²) in [6.07, 6.45) is 2.58. The van der Waals surface area contributed by atoms with Crippen LogP contribution in [0.1, 0.15) is 24.8 Å². The molecule has 0 unspecified atom stereocenters. The molecule has 0 aliphatic carbocycles. The van der Waals surface area contributed by atoms with Crippen LogP contribution in [0.2, 0.25) is 0 Å². The number of nitrogens with one attached hydrogen (secondary N) is 3. The summed E-state index contributed by atoms with van der Waals surface area (Å²) in [6.45, 7) is 2.76. The van der Waals surface area contributed by atoms with E-state index in [0.29, 0.717) is 25.4 Å². The van der Waals surface area contributed by atoms with Crippen molar-refractivity contribution < 1.29 is 9.59 Å². The quantitative estimate of drug-likeness (QED) is 0.284. The van der Waals surface area contributed by atoms with E-state index in [4.69, 9.17) is 0 Å². The van der Waals surface area contributed by atoms with Gasteiger partial charge < -0.3 is 25.8 Å². The SMILES string of the molecule is CN=C(NCc1cccc(NC(=O)CN(C)C)c1)N1CCC(CC(=O)NC)CC1.I. The number of carbonyl (C=O) groups excluding carboxylic acids is 2. The van der Waals surface area contributed by atoms with E-state index in [1.165, 1.54) is 0 Å². The summed E-state index contributed by atoms with van der Waals surface area (Å²) in [5.74, 6) is 1.39. The molecule has 0 atom stereocenters. The maximum absolute atomic E-state index is 11.9. The second-order valence-corrected chi connectivity index (χ2v) is 7.69. The van der Waals surface area contributed by atoms with Crippen LogP contribution in [-0.2, 0) is 16.1 Å². The predicted octanol–water partition coefficient (Wildman–Crippen LogP) is 1.73. The molecule has 0 radical (unpaired) electrons. The number of likely N-dealkylation sites (N-methyl/N-ethyl adjacent to an activating group) is 1. The van der Waals surface area contributed by atoms with Gasteiger partial charge in [0.1, 0.15) is 0 Å². The number of aliphatic imine (C=N–C) groups is 1. The van der Waals surface area contributed by atoms with E-state index in [1.54, 1.807) is 14.1 Å². The normalized spacial score (nSPS) is 14.8. The Balaban J connectivity index is 0.00000450. The van der Waals surface area contributed by atoms with E-state index in [-0.39, 0.29) is 35.8 Å². The number of halogens is 1. The first-order chi connectivity index (χ1) is 13.9. The fourth-order valence-electron chi connectivity index (χ4n) is 3.47. The van der Waals surface area contributed by atoms with E-state index in [1.807, 2.05) is 43.3 Å². The van der Waals surface area contributed by atoms with Crippen molar-refractivity contribution in [2.45, 2.75) is 25.8 Å². The van der Waals surface area contributed by atoms with Crippen LogP contribution in [-0.4, -0.2) is 75.4 Å². The van der Waals surface area contributed by atoms with Gasteiger partial charge in [-0.15, -0.1) is 24.0 Å². The van der Waals surface area contributed by atoms with Crippen molar-refractivity contribution in [2.24, 2.45) is 10.9 Å². The van der Waals surface area contributed by atoms with Crippen molar-refractivity contribution >= 4 is 47.4 Å². The Morgan fingerprint density at radius 2 is 1.90 bits per heavy atom. The molecule has 1 heterocycles. The molecule has 9 heteroatoms. The molecule has 0 aromatic heterocycles. The lowest BCUT2D eigenvalue weighted by atomic mass is 9.93. The van der Waals surface area contributed by atoms with Gasteiger partial charge in [0.05, 0.1) is 6.54 Å². The molecule has 30 heavy (non-hydrogen) atoms. The molecule has 1 fully saturated rings. The molecule has 1 aromatic rings. The third-order valence-corrected chi connectivity index (χ3v) is 5.00. The maximum atomic E-state index is 11.9. The molecule has 3 N–H and O–H groups in total. The third kappa shape index (κ3) is 8.86. The third-order valence-electron chi connectivity index (χ3n) is 5.00. The summed E-state index contributed by atoms with van der Waals surface area (Å²) < 4.78 is 0. The summed E-state index contributed by atoms with van der Waals surface area (Å²) in [5.41, 5.74) is 1.87. The number of likely N-dealkylation sites (tertiary alicyclic amines) is 1. The zero-order chi connectivity index (χ0) is 21.2. The molecule has 1 aliphatic rings. The van der Waals surface area contributed by atoms with Crippen molar-refractivity contribution in [1.82, 2.24) is 20.4 Å². The van der Waals surface area contributed by atoms with E-state index in [2.05, 4.69) is 25.8 Å². The van der Waals surface area contributed by atoms with E-state index >= 15 is 0 Å². The molecule has 1 aliphatic heterocycles. The van der Waals surface area contributed by atoms with Crippen LogP contribution >= 0.6 is 24.0 Å². The Morgan fingerprint density at radius 3 is 2.50 bits per heavy atom. The number of nitrogens with zero attached hydrogens (tertiary/aromatic N) is 3. The molecule has 8 nitrogen and oxygen atoms in total. The Hall–Kier alpha value is -1.88. The van der Waals surface area contributed by atoms with Gasteiger partial charge in [0.2, 0.25) is 11.8 Å². The standard InChI is InChI=1S/C21H34N6O2.HI/c1-22-19(28)13-16-8-10-27(11-9-16)21(23-2)24-14-17-6-5-7-18(12-17)25-20(29)15-26(3)4;/h5-7,12,16H,8-11,13-15H2,1-4H3,(H,22,28)(H,23,24)(H,25,29);1H. The summed E-state index contributed by atoms with van der Waals surface area (Å²) in [4.78, 5) is 32.0. The molecule has 0 saturated carbocycles. The zero-order valence-corrected chi connectivity index (χ0v) is 20.7. The largest absolute Gasteiger partial charge is 0.359 e. The molecular weight excluding hydrogens is 495 g/mol. The molecular formula is C21H35IN6O2. The number of hydrogen-bond acceptors (Lipinski definition) is 4. The van der Waals surface area contributed by atoms with Crippen LogP contribution in [0.3, 0.4) is 0 Å². The lowest BCUT2D eigenvalue weighted by Gasteiger charge is -2.34. The predicted molar refractivity (Wildman–Crippen MR) is 132 cm³/mol. The average Bonchev–Trinajstić information content (AvgIpc) is 2.69. The fourth-order valence-corrected chi connectivity index (χ4v) is 3.47. The molecule has 2 rings (SSSR count). The smallest absolute Gasteiger partial charge is 0.238 e. The number of benzene rings is 1. The first-order valence-corrected chi connectivity index (χ1v) is 10.1. The number of carbonyl (C=O) groups is 2. The van der Waals surface area contributed by atoms with Gasteiger partial charge in [-0.2, -0.15) is 0 Å². The molecule has 0 spiro atoms. The van der Waals surface area contributed by atoms with E-state index in [9.17, 15) is 9.59 Å². The fraction of sp³-hybridized carbons (Fsp3) is 0.571. The topological polar surface area (TPSA) is 89.1 Å². The Morgan fingerprint density at radius 1 is 1.20 bits per heavy atom. The first kappa shape index (κ1) is 26.2. The van der Waals surface area contributed by atoms with Crippen molar-refractivity contribution in [2.75, 3.05) is 53.1 Å². The van der Waals surface area contributed by atoms with Crippen molar-refractivity contribution in [1.29, 1.82) is 0 Å². The average molecular weight is 530 g/mol. The number of rotatable bonds is 7. The number of piperidine rings is 1. The lowest BCUT2D eigenvalue weighted by Crippen LogP contribution is -2.45. The Kier molecular flexibility index (Phi) is 11.7. The van der Waals surface area contributed by atoms with Crippen LogP contribution in [0.15, 0.2) is 29.3 Å². The maximum Gasteiger partial charge on any atom is 0.238 e. The van der Waals surface area contributed by atoms with Gasteiger partial charge in [-0.25, -0.2) is 0 Å². The van der Waals surface area contributed by atoms with Crippen LogP contribution in [0.25, 0.3) is 0 Å². The molecule has 168 valence electrons. The van der Waals surface area contributed by atoms with Crippen molar-refractivity contribution in [3.8, 4) is 0 Å². The van der Waals surface area contributed by atoms with E-state index < -0.39 is 0 Å². The summed E-state index contributed by atoms with van der Waals surface area (Å²) >= 11 is 0. The van der Waals surface area contributed by atoms with Gasteiger partial charge in [-0.3, -0.25) is 14.6 Å². The van der Waals surface area contributed by atoms with Gasteiger partial charge in [0, 0.05) is 45.8 Å². The van der Waals surface area contributed by atoms with Crippen LogP contribution in [0, 0.1) is 5.92 Å². The lowest BCUT2D eigenvalue weighted by molar-refractivity contribution is -0.121. The Bertz CT molecular complexity index is 717. The molecule has 2 amide bonds. The van der Waals surface area contributed by atoms with Gasteiger partial charge >= 0.3 is 0 Å². The minimum atomic E-state index is -0.0319. The number of hydrogen-bond donors (Lipinski definition) is 3. The highest BCUT2D eigenvalue weighted by Gasteiger charge is 2.23. The van der Waals surface area contributed by atoms with Gasteiger partial charge in [0.25, 0.3) is 0 Å². The second kappa shape index (κ2) is 13.4. The summed E-state index contributed by atoms with van der Waals surface area (Å²) in [5, 5.41) is 9.04. The van der Waals surface area contributed by atoms with Gasteiger partial charge in [-0.1, -0.05) is 12.1 Å². The number of amides is 2. The monoisotopic (exact) mass is 530 g/mol. The van der Waals surface area contributed by atoms with Gasteiger partial charge in [0.15, 0.2) is 5.96 Å². The summed E-state index contributed by atoms with van der Waals surface area (Å²) in [7, 11) is 7.21. The second-order valence-electron chi connectivity index (χ2n) is 7.69. The highest BCUT2D eigenvalue weighted by Crippen LogP contribution is 2.20. The molecule has 1 saturated heterocycles. The van der Waals surface area contributed by atoms with Crippen LogP contribution < -0.4 is 16.0 Å². The van der Waals surface area contributed by atoms with Crippen LogP contribution in [0.4, 0.5) is 5.69 Å². The molecule has 0 bridgehead atoms. The van der Waals surface area contributed by atoms with Crippen LogP contribution in [0.5, 0.6) is 0 Å². The zero-order valence-electron chi connectivity index (χ0n) is 18.4. The minimum Gasteiger partial charge on any atom is -0.359 e. The molecule has 1 aromatic carbocycles. The number of anilines is 1. The van der Waals surface area contributed by atoms with Gasteiger partial charge in [-0.05, 0) is 50.6 Å². The number of guanidine groups is 1. The van der Waals surface area contributed by atoms with Crippen molar-refractivity contribution in [3.63, 3.8) is 0 Å². The highest BCUT2D eigenvalue weighted by molar-refractivity contribution is 14.0. The van der Waals surface area contributed by atoms with E-state index in [0.717, 1.165) is 43.1 Å². The Labute approximate surface area is 196 Å². The summed E-state index contributed by atoms with van der Waals surface area (Å²) in [6, 6.07) is 7.83. The highest BCUT2D eigenvalue weighted by atomic mass is 127. The first-order valence-electron chi connectivity index (χ1n) is 10.1. The minimum absolute atomic E-state index is 0. The van der Waals surface area contributed by atoms with Crippen molar-refractivity contribution in [3.05, 3.63) is 29.8 Å².